The Balaban J connectivity index is 1.28. The van der Waals surface area contributed by atoms with Gasteiger partial charge in [0.15, 0.2) is 5.82 Å². The highest BCUT2D eigenvalue weighted by Gasteiger charge is 2.32. The van der Waals surface area contributed by atoms with Crippen molar-refractivity contribution in [3.63, 3.8) is 0 Å². The van der Waals surface area contributed by atoms with Crippen molar-refractivity contribution in [2.45, 2.75) is 32.8 Å². The summed E-state index contributed by atoms with van der Waals surface area (Å²) in [6, 6.07) is 15.7. The van der Waals surface area contributed by atoms with Gasteiger partial charge in [0.05, 0.1) is 12.1 Å². The third-order valence-electron chi connectivity index (χ3n) is 6.42. The first-order valence-electron chi connectivity index (χ1n) is 11.4. The zero-order chi connectivity index (χ0) is 23.7. The number of aryl methyl sites for hydroxylation is 1. The first kappa shape index (κ1) is 22.0. The Bertz CT molecular complexity index is 1240. The number of hydrogen-bond acceptors (Lipinski definition) is 5. The molecule has 0 N–H and O–H groups in total. The molecule has 3 aromatic rings. The minimum absolute atomic E-state index is 0.104. The lowest BCUT2D eigenvalue weighted by Crippen LogP contribution is -2.41. The Labute approximate surface area is 196 Å². The van der Waals surface area contributed by atoms with Crippen LogP contribution in [-0.4, -0.2) is 45.5 Å². The van der Waals surface area contributed by atoms with Crippen molar-refractivity contribution in [2.75, 3.05) is 13.1 Å². The molecule has 1 aromatic heterocycles. The number of likely N-dealkylation sites (tertiary alicyclic amines) is 1. The normalized spacial score (nSPS) is 16.2. The average Bonchev–Trinajstić information content (AvgIpc) is 3.20. The molecule has 3 heterocycles. The lowest BCUT2D eigenvalue weighted by Gasteiger charge is -2.32. The molecule has 0 unspecified atom stereocenters. The number of carbonyl (C=O) groups excluding carboxylic acids is 2. The van der Waals surface area contributed by atoms with Crippen molar-refractivity contribution >= 4 is 23.5 Å². The van der Waals surface area contributed by atoms with Gasteiger partial charge >= 0.3 is 6.09 Å². The second-order valence-electron chi connectivity index (χ2n) is 8.68. The highest BCUT2D eigenvalue weighted by Crippen LogP contribution is 2.37. The van der Waals surface area contributed by atoms with Crippen LogP contribution in [0.1, 0.15) is 35.3 Å². The van der Waals surface area contributed by atoms with Gasteiger partial charge in [0.2, 0.25) is 0 Å². The number of hydrogen-bond donors (Lipinski definition) is 0. The van der Waals surface area contributed by atoms with E-state index < -0.39 is 0 Å². The van der Waals surface area contributed by atoms with Gasteiger partial charge in [0.25, 0.3) is 5.91 Å². The molecule has 8 heteroatoms. The fraction of sp³-hybridized carbons (Fsp3) is 0.308. The number of rotatable bonds is 4. The van der Waals surface area contributed by atoms with Crippen LogP contribution in [0.5, 0.6) is 0 Å². The monoisotopic (exact) mass is 460 g/mol. The fourth-order valence-corrected chi connectivity index (χ4v) is 4.59. The summed E-state index contributed by atoms with van der Waals surface area (Å²) in [7, 11) is 0. The van der Waals surface area contributed by atoms with Crippen LogP contribution in [0.2, 0.25) is 0 Å². The van der Waals surface area contributed by atoms with E-state index in [1.807, 2.05) is 37.3 Å². The molecule has 5 rings (SSSR count). The van der Waals surface area contributed by atoms with Gasteiger partial charge in [-0.1, -0.05) is 42.5 Å². The SMILES string of the molecule is Cc1nn2c(c1-c1ccc(F)cc1)N=C(C1CCN(C(=O)OCc3ccccc3)CC1)CC2=O. The molecule has 34 heavy (non-hydrogen) atoms. The van der Waals surface area contributed by atoms with Crippen molar-refractivity contribution in [3.05, 3.63) is 71.7 Å². The molecule has 1 fully saturated rings. The van der Waals surface area contributed by atoms with Gasteiger partial charge < -0.3 is 9.64 Å². The van der Waals surface area contributed by atoms with Crippen LogP contribution in [0, 0.1) is 18.7 Å². The molecule has 2 aliphatic heterocycles. The number of nitrogens with zero attached hydrogens (tertiary/aromatic N) is 4. The van der Waals surface area contributed by atoms with E-state index in [2.05, 4.69) is 5.10 Å². The molecule has 0 spiro atoms. The number of amides is 1. The maximum absolute atomic E-state index is 13.4. The van der Waals surface area contributed by atoms with E-state index >= 15 is 0 Å². The van der Waals surface area contributed by atoms with E-state index in [9.17, 15) is 14.0 Å². The maximum atomic E-state index is 13.4. The van der Waals surface area contributed by atoms with Crippen LogP contribution < -0.4 is 0 Å². The zero-order valence-corrected chi connectivity index (χ0v) is 18.9. The van der Waals surface area contributed by atoms with Crippen LogP contribution >= 0.6 is 0 Å². The number of aliphatic imine (C=N–C) groups is 1. The Morgan fingerprint density at radius 3 is 2.50 bits per heavy atom. The number of carbonyl (C=O) groups is 2. The smallest absolute Gasteiger partial charge is 0.410 e. The van der Waals surface area contributed by atoms with Gasteiger partial charge in [0, 0.05) is 30.3 Å². The average molecular weight is 461 g/mol. The summed E-state index contributed by atoms with van der Waals surface area (Å²) in [6.45, 7) is 3.17. The lowest BCUT2D eigenvalue weighted by atomic mass is 9.89. The predicted octanol–water partition coefficient (Wildman–Crippen LogP) is 5.16. The number of benzene rings is 2. The van der Waals surface area contributed by atoms with E-state index in [-0.39, 0.29) is 36.8 Å². The molecule has 0 radical (unpaired) electrons. The van der Waals surface area contributed by atoms with Crippen molar-refractivity contribution in [1.29, 1.82) is 0 Å². The molecule has 0 atom stereocenters. The maximum Gasteiger partial charge on any atom is 0.410 e. The number of ether oxygens (including phenoxy) is 1. The van der Waals surface area contributed by atoms with Crippen LogP contribution in [0.3, 0.4) is 0 Å². The molecule has 0 aliphatic carbocycles. The Morgan fingerprint density at radius 2 is 1.79 bits per heavy atom. The van der Waals surface area contributed by atoms with E-state index in [1.165, 1.54) is 16.8 Å². The first-order chi connectivity index (χ1) is 16.5. The van der Waals surface area contributed by atoms with Gasteiger partial charge in [-0.3, -0.25) is 4.79 Å². The quantitative estimate of drug-likeness (QED) is 0.539. The highest BCUT2D eigenvalue weighted by atomic mass is 19.1. The van der Waals surface area contributed by atoms with Crippen LogP contribution in [0.4, 0.5) is 15.0 Å². The standard InChI is InChI=1S/C26H25FN4O3/c1-17-24(20-7-9-21(27)10-8-20)25-28-22(15-23(32)31(25)29-17)19-11-13-30(14-12-19)26(33)34-16-18-5-3-2-4-6-18/h2-10,19H,11-16H2,1H3. The largest absolute Gasteiger partial charge is 0.445 e. The second-order valence-corrected chi connectivity index (χ2v) is 8.68. The van der Waals surface area contributed by atoms with Gasteiger partial charge in [-0.25, -0.2) is 14.2 Å². The van der Waals surface area contributed by atoms with E-state index in [0.29, 0.717) is 37.4 Å². The third kappa shape index (κ3) is 4.35. The van der Waals surface area contributed by atoms with Gasteiger partial charge in [-0.05, 0) is 43.0 Å². The third-order valence-corrected chi connectivity index (χ3v) is 6.42. The molecule has 2 aromatic carbocycles. The summed E-state index contributed by atoms with van der Waals surface area (Å²) in [4.78, 5) is 31.9. The minimum atomic E-state index is -0.323. The molecule has 174 valence electrons. The van der Waals surface area contributed by atoms with Crippen molar-refractivity contribution in [1.82, 2.24) is 14.7 Å². The molecular formula is C26H25FN4O3. The van der Waals surface area contributed by atoms with Crippen molar-refractivity contribution in [3.8, 4) is 11.1 Å². The number of halogens is 1. The minimum Gasteiger partial charge on any atom is -0.445 e. The molecule has 1 saturated heterocycles. The number of aromatic nitrogens is 2. The molecule has 1 amide bonds. The predicted molar refractivity (Wildman–Crippen MR) is 126 cm³/mol. The van der Waals surface area contributed by atoms with Gasteiger partial charge in [-0.2, -0.15) is 9.78 Å². The first-order valence-corrected chi connectivity index (χ1v) is 11.4. The van der Waals surface area contributed by atoms with Crippen LogP contribution in [0.15, 0.2) is 59.6 Å². The second kappa shape index (κ2) is 9.21. The summed E-state index contributed by atoms with van der Waals surface area (Å²) in [5.74, 6) is 0.158. The van der Waals surface area contributed by atoms with Gasteiger partial charge in [-0.15, -0.1) is 0 Å². The topological polar surface area (TPSA) is 76.8 Å². The molecule has 2 aliphatic rings. The Hall–Kier alpha value is -3.81. The molecule has 7 nitrogen and oxygen atoms in total. The zero-order valence-electron chi connectivity index (χ0n) is 18.9. The van der Waals surface area contributed by atoms with Crippen LogP contribution in [0.25, 0.3) is 11.1 Å². The summed E-state index contributed by atoms with van der Waals surface area (Å²) in [5.41, 5.74) is 3.96. The summed E-state index contributed by atoms with van der Waals surface area (Å²) in [5, 5.41) is 4.39. The Morgan fingerprint density at radius 1 is 1.09 bits per heavy atom. The number of fused-ring (bicyclic) bond motifs is 1. The molecular weight excluding hydrogens is 435 g/mol. The van der Waals surface area contributed by atoms with E-state index in [4.69, 9.17) is 9.73 Å². The van der Waals surface area contributed by atoms with Crippen molar-refractivity contribution < 1.29 is 18.7 Å². The lowest BCUT2D eigenvalue weighted by molar-refractivity contribution is 0.0848. The van der Waals surface area contributed by atoms with E-state index in [0.717, 1.165) is 22.4 Å². The summed E-state index contributed by atoms with van der Waals surface area (Å²) < 4.78 is 20.2. The highest BCUT2D eigenvalue weighted by molar-refractivity contribution is 6.08. The molecule has 0 saturated carbocycles. The summed E-state index contributed by atoms with van der Waals surface area (Å²) in [6.07, 6.45) is 1.31. The van der Waals surface area contributed by atoms with Crippen molar-refractivity contribution in [2.24, 2.45) is 10.9 Å². The van der Waals surface area contributed by atoms with E-state index in [1.54, 1.807) is 17.0 Å². The molecule has 0 bridgehead atoms. The van der Waals surface area contributed by atoms with Gasteiger partial charge in [0.1, 0.15) is 12.4 Å². The summed E-state index contributed by atoms with van der Waals surface area (Å²) >= 11 is 0. The van der Waals surface area contributed by atoms with Crippen LogP contribution in [-0.2, 0) is 11.3 Å². The Kier molecular flexibility index (Phi) is 5.96. The fourth-order valence-electron chi connectivity index (χ4n) is 4.59. The number of piperidine rings is 1.